The van der Waals surface area contributed by atoms with Gasteiger partial charge < -0.3 is 25.0 Å². The van der Waals surface area contributed by atoms with E-state index in [4.69, 9.17) is 9.47 Å². The minimum Gasteiger partial charge on any atom is -0.495 e. The molecule has 0 saturated heterocycles. The minimum atomic E-state index is -0.704. The average molecular weight is 412 g/mol. The van der Waals surface area contributed by atoms with Gasteiger partial charge in [0.2, 0.25) is 5.91 Å². The summed E-state index contributed by atoms with van der Waals surface area (Å²) in [5, 5.41) is 5.85. The Morgan fingerprint density at radius 1 is 1.17 bits per heavy atom. The lowest BCUT2D eigenvalue weighted by molar-refractivity contribution is -0.137. The van der Waals surface area contributed by atoms with Crippen molar-refractivity contribution in [1.82, 2.24) is 15.2 Å². The third-order valence-electron chi connectivity index (χ3n) is 4.46. The number of para-hydroxylation sites is 2. The molecule has 1 aromatic heterocycles. The summed E-state index contributed by atoms with van der Waals surface area (Å²) >= 11 is 0. The Kier molecular flexibility index (Phi) is 6.84. The number of benzene rings is 1. The smallest absolute Gasteiger partial charge is 0.342 e. The van der Waals surface area contributed by atoms with E-state index in [1.54, 1.807) is 31.4 Å². The number of hydrogen-bond acceptors (Lipinski definition) is 7. The van der Waals surface area contributed by atoms with E-state index in [2.05, 4.69) is 15.6 Å². The summed E-state index contributed by atoms with van der Waals surface area (Å²) in [7, 11) is 3.03. The van der Waals surface area contributed by atoms with Gasteiger partial charge in [-0.15, -0.1) is 0 Å². The van der Waals surface area contributed by atoms with Crippen LogP contribution in [0.1, 0.15) is 23.2 Å². The number of likely N-dealkylation sites (N-methyl/N-ethyl adjacent to an activating group) is 1. The van der Waals surface area contributed by atoms with Crippen molar-refractivity contribution >= 4 is 29.3 Å². The number of esters is 1. The molecule has 1 heterocycles. The zero-order valence-electron chi connectivity index (χ0n) is 16.9. The number of pyridine rings is 1. The fourth-order valence-corrected chi connectivity index (χ4v) is 2.66. The van der Waals surface area contributed by atoms with Crippen LogP contribution in [0, 0.1) is 0 Å². The molecule has 2 amide bonds. The lowest BCUT2D eigenvalue weighted by Gasteiger charge is -2.17. The lowest BCUT2D eigenvalue weighted by atomic mass is 10.2. The molecule has 2 N–H and O–H groups in total. The van der Waals surface area contributed by atoms with Crippen molar-refractivity contribution in [2.45, 2.75) is 18.9 Å². The number of nitrogens with zero attached hydrogens (tertiary/aromatic N) is 2. The SMILES string of the molecule is COc1ccccc1Nc1ncccc1C(=O)OCC(=O)N(C)CC(=O)NC1CC1. The van der Waals surface area contributed by atoms with Crippen LogP contribution in [0.4, 0.5) is 11.5 Å². The standard InChI is InChI=1S/C21H24N4O5/c1-25(12-18(26)23-14-9-10-14)19(27)13-30-21(28)15-6-5-11-22-20(15)24-16-7-3-4-8-17(16)29-2/h3-8,11,14H,9-10,12-13H2,1-2H3,(H,22,24)(H,23,26). The van der Waals surface area contributed by atoms with E-state index in [1.165, 1.54) is 18.1 Å². The summed E-state index contributed by atoms with van der Waals surface area (Å²) < 4.78 is 10.4. The first-order valence-corrected chi connectivity index (χ1v) is 9.53. The van der Waals surface area contributed by atoms with Gasteiger partial charge in [0.1, 0.15) is 17.1 Å². The molecule has 1 fully saturated rings. The Hall–Kier alpha value is -3.62. The maximum absolute atomic E-state index is 12.5. The van der Waals surface area contributed by atoms with Crippen molar-refractivity contribution in [3.63, 3.8) is 0 Å². The number of methoxy groups -OCH3 is 1. The van der Waals surface area contributed by atoms with Crippen molar-refractivity contribution in [2.75, 3.05) is 32.6 Å². The maximum atomic E-state index is 12.5. The predicted molar refractivity (Wildman–Crippen MR) is 110 cm³/mol. The fraction of sp³-hybridized carbons (Fsp3) is 0.333. The van der Waals surface area contributed by atoms with Gasteiger partial charge in [0, 0.05) is 19.3 Å². The molecule has 0 radical (unpaired) electrons. The molecule has 1 aliphatic carbocycles. The molecule has 3 rings (SSSR count). The number of hydrogen-bond donors (Lipinski definition) is 2. The molecule has 1 aliphatic rings. The van der Waals surface area contributed by atoms with Crippen LogP contribution in [0.5, 0.6) is 5.75 Å². The highest BCUT2D eigenvalue weighted by atomic mass is 16.5. The topological polar surface area (TPSA) is 110 Å². The van der Waals surface area contributed by atoms with Gasteiger partial charge in [-0.1, -0.05) is 12.1 Å². The van der Waals surface area contributed by atoms with Crippen LogP contribution in [-0.4, -0.2) is 61.0 Å². The summed E-state index contributed by atoms with van der Waals surface area (Å²) in [4.78, 5) is 41.9. The van der Waals surface area contributed by atoms with Crippen molar-refractivity contribution in [3.8, 4) is 5.75 Å². The number of amides is 2. The highest BCUT2D eigenvalue weighted by Crippen LogP contribution is 2.27. The first kappa shape index (κ1) is 21.1. The quantitative estimate of drug-likeness (QED) is 0.604. The molecule has 2 aromatic rings. The van der Waals surface area contributed by atoms with E-state index in [0.717, 1.165) is 12.8 Å². The van der Waals surface area contributed by atoms with Crippen LogP contribution in [0.3, 0.4) is 0 Å². The summed E-state index contributed by atoms with van der Waals surface area (Å²) in [6, 6.07) is 10.6. The summed E-state index contributed by atoms with van der Waals surface area (Å²) in [6.07, 6.45) is 3.47. The molecule has 0 spiro atoms. The Morgan fingerprint density at radius 3 is 2.67 bits per heavy atom. The highest BCUT2D eigenvalue weighted by molar-refractivity contribution is 5.97. The Labute approximate surface area is 174 Å². The zero-order valence-corrected chi connectivity index (χ0v) is 16.9. The molecule has 9 nitrogen and oxygen atoms in total. The number of anilines is 2. The zero-order chi connectivity index (χ0) is 21.5. The molecular formula is C21H24N4O5. The molecule has 9 heteroatoms. The van der Waals surface area contributed by atoms with Gasteiger partial charge in [0.25, 0.3) is 5.91 Å². The van der Waals surface area contributed by atoms with Crippen molar-refractivity contribution in [1.29, 1.82) is 0 Å². The number of rotatable bonds is 9. The molecule has 0 aliphatic heterocycles. The molecule has 1 saturated carbocycles. The molecule has 158 valence electrons. The van der Waals surface area contributed by atoms with Crippen LogP contribution in [0.15, 0.2) is 42.6 Å². The van der Waals surface area contributed by atoms with Crippen LogP contribution < -0.4 is 15.4 Å². The molecular weight excluding hydrogens is 388 g/mol. The van der Waals surface area contributed by atoms with E-state index in [-0.39, 0.29) is 29.9 Å². The first-order chi connectivity index (χ1) is 14.5. The second kappa shape index (κ2) is 9.73. The number of ether oxygens (including phenoxy) is 2. The van der Waals surface area contributed by atoms with Crippen molar-refractivity contribution in [3.05, 3.63) is 48.2 Å². The summed E-state index contributed by atoms with van der Waals surface area (Å²) in [6.45, 7) is -0.560. The largest absolute Gasteiger partial charge is 0.495 e. The van der Waals surface area contributed by atoms with Gasteiger partial charge >= 0.3 is 5.97 Å². The third kappa shape index (κ3) is 5.69. The molecule has 30 heavy (non-hydrogen) atoms. The first-order valence-electron chi connectivity index (χ1n) is 9.53. The Bertz CT molecular complexity index is 929. The van der Waals surface area contributed by atoms with E-state index in [9.17, 15) is 14.4 Å². The second-order valence-electron chi connectivity index (χ2n) is 6.89. The Balaban J connectivity index is 1.58. The van der Waals surface area contributed by atoms with Crippen molar-refractivity contribution < 1.29 is 23.9 Å². The number of carbonyl (C=O) groups excluding carboxylic acids is 3. The number of aromatic nitrogens is 1. The predicted octanol–water partition coefficient (Wildman–Crippen LogP) is 1.73. The summed E-state index contributed by atoms with van der Waals surface area (Å²) in [5.74, 6) is -0.544. The van der Waals surface area contributed by atoms with Gasteiger partial charge in [0.15, 0.2) is 6.61 Å². The fourth-order valence-electron chi connectivity index (χ4n) is 2.66. The van der Waals surface area contributed by atoms with Gasteiger partial charge in [-0.3, -0.25) is 9.59 Å². The third-order valence-corrected chi connectivity index (χ3v) is 4.46. The number of nitrogens with one attached hydrogen (secondary N) is 2. The van der Waals surface area contributed by atoms with Crippen LogP contribution >= 0.6 is 0 Å². The van der Waals surface area contributed by atoms with E-state index in [1.807, 2.05) is 12.1 Å². The van der Waals surface area contributed by atoms with Gasteiger partial charge in [-0.25, -0.2) is 9.78 Å². The van der Waals surface area contributed by atoms with Gasteiger partial charge in [-0.05, 0) is 37.1 Å². The molecule has 1 aromatic carbocycles. The van der Waals surface area contributed by atoms with Crippen LogP contribution in [0.25, 0.3) is 0 Å². The Morgan fingerprint density at radius 2 is 1.93 bits per heavy atom. The molecule has 0 atom stereocenters. The minimum absolute atomic E-state index is 0.0830. The molecule has 0 unspecified atom stereocenters. The normalized spacial score (nSPS) is 12.6. The van der Waals surface area contributed by atoms with E-state index in [0.29, 0.717) is 11.4 Å². The second-order valence-corrected chi connectivity index (χ2v) is 6.89. The van der Waals surface area contributed by atoms with Gasteiger partial charge in [0.05, 0.1) is 19.3 Å². The lowest BCUT2D eigenvalue weighted by Crippen LogP contribution is -2.40. The number of carbonyl (C=O) groups is 3. The molecule has 0 bridgehead atoms. The van der Waals surface area contributed by atoms with Crippen LogP contribution in [0.2, 0.25) is 0 Å². The summed E-state index contributed by atoms with van der Waals surface area (Å²) in [5.41, 5.74) is 0.801. The van der Waals surface area contributed by atoms with Crippen LogP contribution in [-0.2, 0) is 14.3 Å². The van der Waals surface area contributed by atoms with E-state index < -0.39 is 18.5 Å². The monoisotopic (exact) mass is 412 g/mol. The highest BCUT2D eigenvalue weighted by Gasteiger charge is 2.24. The maximum Gasteiger partial charge on any atom is 0.342 e. The van der Waals surface area contributed by atoms with Crippen molar-refractivity contribution in [2.24, 2.45) is 0 Å². The van der Waals surface area contributed by atoms with E-state index >= 15 is 0 Å². The average Bonchev–Trinajstić information content (AvgIpc) is 3.56. The van der Waals surface area contributed by atoms with Gasteiger partial charge in [-0.2, -0.15) is 0 Å².